The molecule has 21 heavy (non-hydrogen) atoms. The summed E-state index contributed by atoms with van der Waals surface area (Å²) in [6, 6.07) is 12.8. The smallest absolute Gasteiger partial charge is 0.0999 e. The first-order valence-electron chi connectivity index (χ1n) is 7.04. The van der Waals surface area contributed by atoms with Gasteiger partial charge < -0.3 is 10.1 Å². The zero-order valence-electron chi connectivity index (χ0n) is 11.8. The Balaban J connectivity index is 1.78. The highest BCUT2D eigenvalue weighted by atomic mass is 79.9. The standard InChI is InChI=1S/C17H17Br2NO/c1-11-8-14(18)17(15(19)9-11)20-10-16-13-5-3-2-4-12(13)6-7-21-16/h2-5,8-9,16,20H,6-7,10H2,1H3. The lowest BCUT2D eigenvalue weighted by molar-refractivity contribution is 0.0513. The molecule has 0 saturated heterocycles. The van der Waals surface area contributed by atoms with E-state index in [0.717, 1.165) is 34.2 Å². The molecule has 1 aliphatic heterocycles. The quantitative estimate of drug-likeness (QED) is 0.746. The molecule has 1 aliphatic rings. The number of rotatable bonds is 3. The molecule has 2 aromatic carbocycles. The van der Waals surface area contributed by atoms with E-state index in [-0.39, 0.29) is 6.10 Å². The number of hydrogen-bond acceptors (Lipinski definition) is 2. The van der Waals surface area contributed by atoms with Gasteiger partial charge in [-0.15, -0.1) is 0 Å². The third-order valence-corrected chi connectivity index (χ3v) is 4.99. The molecule has 110 valence electrons. The summed E-state index contributed by atoms with van der Waals surface area (Å²) in [5.74, 6) is 0. The highest BCUT2D eigenvalue weighted by Crippen LogP contribution is 2.34. The van der Waals surface area contributed by atoms with Crippen LogP contribution in [0.25, 0.3) is 0 Å². The third kappa shape index (κ3) is 3.33. The van der Waals surface area contributed by atoms with Crippen LogP contribution in [-0.4, -0.2) is 13.2 Å². The van der Waals surface area contributed by atoms with Gasteiger partial charge in [0.05, 0.1) is 18.4 Å². The number of nitrogens with one attached hydrogen (secondary N) is 1. The van der Waals surface area contributed by atoms with Crippen molar-refractivity contribution in [2.24, 2.45) is 0 Å². The lowest BCUT2D eigenvalue weighted by atomic mass is 9.97. The monoisotopic (exact) mass is 409 g/mol. The number of anilines is 1. The molecule has 2 aromatic rings. The number of fused-ring (bicyclic) bond motifs is 1. The van der Waals surface area contributed by atoms with Gasteiger partial charge in [0.15, 0.2) is 0 Å². The summed E-state index contributed by atoms with van der Waals surface area (Å²) in [4.78, 5) is 0. The van der Waals surface area contributed by atoms with Gasteiger partial charge in [0.2, 0.25) is 0 Å². The Labute approximate surface area is 142 Å². The summed E-state index contributed by atoms with van der Waals surface area (Å²) in [5.41, 5.74) is 5.00. The maximum absolute atomic E-state index is 5.94. The van der Waals surface area contributed by atoms with Crippen molar-refractivity contribution in [2.45, 2.75) is 19.4 Å². The van der Waals surface area contributed by atoms with Crippen LogP contribution < -0.4 is 5.32 Å². The summed E-state index contributed by atoms with van der Waals surface area (Å²) in [7, 11) is 0. The van der Waals surface area contributed by atoms with Crippen molar-refractivity contribution >= 4 is 37.5 Å². The predicted octanol–water partition coefficient (Wildman–Crippen LogP) is 5.25. The molecule has 0 aromatic heterocycles. The zero-order chi connectivity index (χ0) is 14.8. The summed E-state index contributed by atoms with van der Waals surface area (Å²) >= 11 is 7.24. The van der Waals surface area contributed by atoms with Crippen molar-refractivity contribution in [1.29, 1.82) is 0 Å². The molecule has 1 N–H and O–H groups in total. The van der Waals surface area contributed by atoms with Gasteiger partial charge in [-0.2, -0.15) is 0 Å². The van der Waals surface area contributed by atoms with Gasteiger partial charge in [-0.3, -0.25) is 0 Å². The molecular weight excluding hydrogens is 394 g/mol. The van der Waals surface area contributed by atoms with Crippen molar-refractivity contribution in [2.75, 3.05) is 18.5 Å². The first kappa shape index (κ1) is 15.1. The van der Waals surface area contributed by atoms with Gasteiger partial charge in [0.1, 0.15) is 0 Å². The minimum atomic E-state index is 0.107. The molecular formula is C17H17Br2NO. The van der Waals surface area contributed by atoms with E-state index >= 15 is 0 Å². The molecule has 1 unspecified atom stereocenters. The second kappa shape index (κ2) is 6.51. The van der Waals surface area contributed by atoms with Crippen LogP contribution in [0.3, 0.4) is 0 Å². The van der Waals surface area contributed by atoms with Gasteiger partial charge in [-0.05, 0) is 74.0 Å². The van der Waals surface area contributed by atoms with Crippen LogP contribution >= 0.6 is 31.9 Å². The number of ether oxygens (including phenoxy) is 1. The predicted molar refractivity (Wildman–Crippen MR) is 93.9 cm³/mol. The molecule has 1 atom stereocenters. The SMILES string of the molecule is Cc1cc(Br)c(NCC2OCCc3ccccc32)c(Br)c1. The zero-order valence-corrected chi connectivity index (χ0v) is 15.0. The van der Waals surface area contributed by atoms with Crippen LogP contribution in [0.15, 0.2) is 45.3 Å². The summed E-state index contributed by atoms with van der Waals surface area (Å²) in [5, 5.41) is 3.50. The van der Waals surface area contributed by atoms with Crippen molar-refractivity contribution in [1.82, 2.24) is 0 Å². The molecule has 2 nitrogen and oxygen atoms in total. The average molecular weight is 411 g/mol. The lowest BCUT2D eigenvalue weighted by Gasteiger charge is -2.27. The summed E-state index contributed by atoms with van der Waals surface area (Å²) in [6.45, 7) is 3.64. The normalized spacial score (nSPS) is 17.4. The molecule has 3 rings (SSSR count). The van der Waals surface area contributed by atoms with E-state index in [4.69, 9.17) is 4.74 Å². The first-order valence-corrected chi connectivity index (χ1v) is 8.62. The Morgan fingerprint density at radius 2 is 1.90 bits per heavy atom. The van der Waals surface area contributed by atoms with Crippen LogP contribution in [0, 0.1) is 6.92 Å². The maximum atomic E-state index is 5.94. The topological polar surface area (TPSA) is 21.3 Å². The Kier molecular flexibility index (Phi) is 4.67. The highest BCUT2D eigenvalue weighted by molar-refractivity contribution is 9.11. The van der Waals surface area contributed by atoms with Crippen LogP contribution in [0.4, 0.5) is 5.69 Å². The fourth-order valence-corrected chi connectivity index (χ4v) is 4.41. The van der Waals surface area contributed by atoms with Gasteiger partial charge in [0.25, 0.3) is 0 Å². The Morgan fingerprint density at radius 3 is 2.67 bits per heavy atom. The van der Waals surface area contributed by atoms with Gasteiger partial charge in [-0.25, -0.2) is 0 Å². The van der Waals surface area contributed by atoms with Gasteiger partial charge >= 0.3 is 0 Å². The number of aryl methyl sites for hydroxylation is 1. The molecule has 4 heteroatoms. The fourth-order valence-electron chi connectivity index (χ4n) is 2.71. The minimum absolute atomic E-state index is 0.107. The maximum Gasteiger partial charge on any atom is 0.0999 e. The lowest BCUT2D eigenvalue weighted by Crippen LogP contribution is -2.23. The van der Waals surface area contributed by atoms with Crippen molar-refractivity contribution in [3.05, 3.63) is 62.0 Å². The van der Waals surface area contributed by atoms with Crippen LogP contribution in [-0.2, 0) is 11.2 Å². The molecule has 0 spiro atoms. The molecule has 0 bridgehead atoms. The van der Waals surface area contributed by atoms with Gasteiger partial charge in [-0.1, -0.05) is 24.3 Å². The van der Waals surface area contributed by atoms with Crippen molar-refractivity contribution in [3.8, 4) is 0 Å². The van der Waals surface area contributed by atoms with E-state index in [9.17, 15) is 0 Å². The molecule has 0 aliphatic carbocycles. The number of halogens is 2. The van der Waals surface area contributed by atoms with E-state index in [1.54, 1.807) is 0 Å². The van der Waals surface area contributed by atoms with E-state index in [1.807, 2.05) is 0 Å². The molecule has 0 radical (unpaired) electrons. The Bertz CT molecular complexity index is 634. The van der Waals surface area contributed by atoms with E-state index in [2.05, 4.69) is 80.5 Å². The molecule has 0 fully saturated rings. The molecule has 0 amide bonds. The highest BCUT2D eigenvalue weighted by Gasteiger charge is 2.20. The first-order chi connectivity index (χ1) is 10.1. The van der Waals surface area contributed by atoms with Crippen LogP contribution in [0.1, 0.15) is 22.8 Å². The van der Waals surface area contributed by atoms with Crippen molar-refractivity contribution in [3.63, 3.8) is 0 Å². The fraction of sp³-hybridized carbons (Fsp3) is 0.294. The van der Waals surface area contributed by atoms with Crippen molar-refractivity contribution < 1.29 is 4.74 Å². The number of benzene rings is 2. The van der Waals surface area contributed by atoms with E-state index < -0.39 is 0 Å². The second-order valence-corrected chi connectivity index (χ2v) is 7.00. The van der Waals surface area contributed by atoms with E-state index in [0.29, 0.717) is 0 Å². The van der Waals surface area contributed by atoms with E-state index in [1.165, 1.54) is 16.7 Å². The van der Waals surface area contributed by atoms with Crippen LogP contribution in [0.5, 0.6) is 0 Å². The average Bonchev–Trinajstić information content (AvgIpc) is 2.46. The minimum Gasteiger partial charge on any atom is -0.380 e. The summed E-state index contributed by atoms with van der Waals surface area (Å²) < 4.78 is 8.07. The molecule has 1 heterocycles. The largest absolute Gasteiger partial charge is 0.380 e. The Morgan fingerprint density at radius 1 is 1.19 bits per heavy atom. The van der Waals surface area contributed by atoms with Gasteiger partial charge in [0, 0.05) is 15.5 Å². The Hall–Kier alpha value is -0.840. The van der Waals surface area contributed by atoms with Crippen LogP contribution in [0.2, 0.25) is 0 Å². The third-order valence-electron chi connectivity index (χ3n) is 3.74. The summed E-state index contributed by atoms with van der Waals surface area (Å²) in [6.07, 6.45) is 1.11. The molecule has 0 saturated carbocycles. The second-order valence-electron chi connectivity index (χ2n) is 5.29. The number of hydrogen-bond donors (Lipinski definition) is 1.